The summed E-state index contributed by atoms with van der Waals surface area (Å²) in [5.74, 6) is 0.548. The summed E-state index contributed by atoms with van der Waals surface area (Å²) in [5.41, 5.74) is 1.77. The number of benzene rings is 1. The lowest BCUT2D eigenvalue weighted by atomic mass is 10.1. The van der Waals surface area contributed by atoms with E-state index in [2.05, 4.69) is 36.1 Å². The van der Waals surface area contributed by atoms with E-state index in [0.717, 1.165) is 38.9 Å². The minimum atomic E-state index is -0.289. The van der Waals surface area contributed by atoms with E-state index in [-0.39, 0.29) is 24.4 Å². The normalized spacial score (nSPS) is 12.1. The number of aryl methyl sites for hydroxylation is 2. The minimum Gasteiger partial charge on any atom is -0.360 e. The summed E-state index contributed by atoms with van der Waals surface area (Å²) in [5, 5.41) is 6.52. The van der Waals surface area contributed by atoms with Crippen molar-refractivity contribution in [3.63, 3.8) is 0 Å². The molecule has 31 heavy (non-hydrogen) atoms. The van der Waals surface area contributed by atoms with E-state index in [1.807, 2.05) is 31.2 Å². The summed E-state index contributed by atoms with van der Waals surface area (Å²) in [6.07, 6.45) is 2.70. The van der Waals surface area contributed by atoms with Crippen molar-refractivity contribution in [1.82, 2.24) is 15.0 Å². The van der Waals surface area contributed by atoms with E-state index in [9.17, 15) is 9.59 Å². The van der Waals surface area contributed by atoms with Crippen molar-refractivity contribution in [2.75, 3.05) is 31.5 Å². The fraction of sp³-hybridized carbons (Fsp3) is 0.542. The number of amides is 2. The van der Waals surface area contributed by atoms with Crippen LogP contribution < -0.4 is 5.32 Å². The highest BCUT2D eigenvalue weighted by Gasteiger charge is 2.24. The van der Waals surface area contributed by atoms with Crippen molar-refractivity contribution in [2.45, 2.75) is 59.9 Å². The Morgan fingerprint density at radius 1 is 1.13 bits per heavy atom. The van der Waals surface area contributed by atoms with Crippen LogP contribution in [-0.2, 0) is 11.2 Å². The predicted octanol–water partition coefficient (Wildman–Crippen LogP) is 4.14. The van der Waals surface area contributed by atoms with Crippen LogP contribution in [0.15, 0.2) is 34.9 Å². The van der Waals surface area contributed by atoms with Gasteiger partial charge >= 0.3 is 0 Å². The molecule has 0 radical (unpaired) electrons. The SMILES string of the molecule is CCc1ccc(C(=O)N(CC(=O)Nc2cc(C)on2)[C@@H](C)CCCN(CC)CC)cc1. The van der Waals surface area contributed by atoms with E-state index in [1.165, 1.54) is 5.56 Å². The maximum atomic E-state index is 13.3. The first kappa shape index (κ1) is 24.6. The lowest BCUT2D eigenvalue weighted by Crippen LogP contribution is -2.44. The van der Waals surface area contributed by atoms with Crippen LogP contribution in [0.2, 0.25) is 0 Å². The summed E-state index contributed by atoms with van der Waals surface area (Å²) in [6, 6.07) is 9.20. The molecule has 1 heterocycles. The molecule has 0 aliphatic heterocycles. The molecule has 2 aromatic rings. The first-order chi connectivity index (χ1) is 14.9. The second-order valence-electron chi connectivity index (χ2n) is 7.87. The molecule has 0 unspecified atom stereocenters. The number of rotatable bonds is 12. The molecule has 2 rings (SSSR count). The Labute approximate surface area is 185 Å². The molecule has 0 spiro atoms. The van der Waals surface area contributed by atoms with Crippen LogP contribution in [0.1, 0.15) is 62.2 Å². The summed E-state index contributed by atoms with van der Waals surface area (Å²) in [6.45, 7) is 13.1. The highest BCUT2D eigenvalue weighted by molar-refractivity contribution is 5.99. The molecular formula is C24H36N4O3. The van der Waals surface area contributed by atoms with E-state index in [1.54, 1.807) is 17.9 Å². The second-order valence-corrected chi connectivity index (χ2v) is 7.87. The van der Waals surface area contributed by atoms with Crippen molar-refractivity contribution >= 4 is 17.6 Å². The van der Waals surface area contributed by atoms with Gasteiger partial charge in [-0.05, 0) is 70.4 Å². The number of nitrogens with zero attached hydrogens (tertiary/aromatic N) is 3. The van der Waals surface area contributed by atoms with Gasteiger partial charge in [-0.2, -0.15) is 0 Å². The number of hydrogen-bond acceptors (Lipinski definition) is 5. The smallest absolute Gasteiger partial charge is 0.254 e. The summed E-state index contributed by atoms with van der Waals surface area (Å²) in [7, 11) is 0. The molecule has 170 valence electrons. The van der Waals surface area contributed by atoms with Crippen molar-refractivity contribution in [2.24, 2.45) is 0 Å². The molecule has 0 fully saturated rings. The standard InChI is InChI=1S/C24H36N4O3/c1-6-20-11-13-21(14-12-20)24(30)28(18(4)10-9-15-27(7-2)8-3)17-23(29)25-22-16-19(5)31-26-22/h11-14,16,18H,6-10,15,17H2,1-5H3,(H,25,26,29)/t18-/m0/s1. The van der Waals surface area contributed by atoms with E-state index < -0.39 is 0 Å². The third kappa shape index (κ3) is 7.51. The molecule has 7 heteroatoms. The van der Waals surface area contributed by atoms with Gasteiger partial charge in [0.1, 0.15) is 12.3 Å². The summed E-state index contributed by atoms with van der Waals surface area (Å²) < 4.78 is 5.00. The average molecular weight is 429 g/mol. The van der Waals surface area contributed by atoms with Crippen molar-refractivity contribution in [3.05, 3.63) is 47.2 Å². The molecule has 0 saturated carbocycles. The molecule has 1 N–H and O–H groups in total. The van der Waals surface area contributed by atoms with Gasteiger partial charge in [-0.1, -0.05) is 38.1 Å². The maximum absolute atomic E-state index is 13.3. The summed E-state index contributed by atoms with van der Waals surface area (Å²) in [4.78, 5) is 30.0. The van der Waals surface area contributed by atoms with Crippen LogP contribution in [0.25, 0.3) is 0 Å². The monoisotopic (exact) mass is 428 g/mol. The molecule has 2 amide bonds. The van der Waals surface area contributed by atoms with Gasteiger partial charge in [0.25, 0.3) is 5.91 Å². The Bertz CT molecular complexity index is 828. The van der Waals surface area contributed by atoms with Crippen molar-refractivity contribution < 1.29 is 14.1 Å². The topological polar surface area (TPSA) is 78.7 Å². The number of anilines is 1. The Morgan fingerprint density at radius 2 is 1.81 bits per heavy atom. The van der Waals surface area contributed by atoms with Crippen LogP contribution in [0.3, 0.4) is 0 Å². The Balaban J connectivity index is 2.10. The van der Waals surface area contributed by atoms with Gasteiger partial charge in [0.2, 0.25) is 5.91 Å². The molecule has 1 atom stereocenters. The third-order valence-electron chi connectivity index (χ3n) is 5.60. The largest absolute Gasteiger partial charge is 0.360 e. The molecular weight excluding hydrogens is 392 g/mol. The highest BCUT2D eigenvalue weighted by Crippen LogP contribution is 2.15. The van der Waals surface area contributed by atoms with Gasteiger partial charge in [-0.25, -0.2) is 0 Å². The number of carbonyl (C=O) groups excluding carboxylic acids is 2. The fourth-order valence-electron chi connectivity index (χ4n) is 3.55. The van der Waals surface area contributed by atoms with Gasteiger partial charge < -0.3 is 19.6 Å². The van der Waals surface area contributed by atoms with Crippen molar-refractivity contribution in [1.29, 1.82) is 0 Å². The van der Waals surface area contributed by atoms with Gasteiger partial charge in [0.05, 0.1) is 0 Å². The van der Waals surface area contributed by atoms with Crippen molar-refractivity contribution in [3.8, 4) is 0 Å². The maximum Gasteiger partial charge on any atom is 0.254 e. The molecule has 0 saturated heterocycles. The Hall–Kier alpha value is -2.67. The van der Waals surface area contributed by atoms with Gasteiger partial charge in [0.15, 0.2) is 5.82 Å². The minimum absolute atomic E-state index is 0.0350. The third-order valence-corrected chi connectivity index (χ3v) is 5.60. The fourth-order valence-corrected chi connectivity index (χ4v) is 3.55. The number of hydrogen-bond donors (Lipinski definition) is 1. The number of aromatic nitrogens is 1. The molecule has 0 aliphatic rings. The molecule has 1 aromatic heterocycles. The van der Waals surface area contributed by atoms with Gasteiger partial charge in [-0.3, -0.25) is 9.59 Å². The second kappa shape index (κ2) is 12.2. The van der Waals surface area contributed by atoms with Gasteiger partial charge in [-0.15, -0.1) is 0 Å². The van der Waals surface area contributed by atoms with Crippen LogP contribution in [0.5, 0.6) is 0 Å². The van der Waals surface area contributed by atoms with Crippen LogP contribution in [0, 0.1) is 6.92 Å². The first-order valence-electron chi connectivity index (χ1n) is 11.2. The Morgan fingerprint density at radius 3 is 2.35 bits per heavy atom. The predicted molar refractivity (Wildman–Crippen MR) is 123 cm³/mol. The van der Waals surface area contributed by atoms with Crippen LogP contribution >= 0.6 is 0 Å². The molecule has 0 aliphatic carbocycles. The Kier molecular flexibility index (Phi) is 9.72. The zero-order valence-electron chi connectivity index (χ0n) is 19.5. The first-order valence-corrected chi connectivity index (χ1v) is 11.2. The molecule has 1 aromatic carbocycles. The molecule has 0 bridgehead atoms. The van der Waals surface area contributed by atoms with Gasteiger partial charge in [0, 0.05) is 17.7 Å². The van der Waals surface area contributed by atoms with E-state index in [0.29, 0.717) is 17.1 Å². The van der Waals surface area contributed by atoms with Crippen LogP contribution in [-0.4, -0.2) is 59.0 Å². The van der Waals surface area contributed by atoms with Crippen LogP contribution in [0.4, 0.5) is 5.82 Å². The number of nitrogens with one attached hydrogen (secondary N) is 1. The average Bonchev–Trinajstić information content (AvgIpc) is 3.18. The quantitative estimate of drug-likeness (QED) is 0.550. The summed E-state index contributed by atoms with van der Waals surface area (Å²) >= 11 is 0. The lowest BCUT2D eigenvalue weighted by Gasteiger charge is -2.29. The van der Waals surface area contributed by atoms with E-state index in [4.69, 9.17) is 4.52 Å². The van der Waals surface area contributed by atoms with E-state index >= 15 is 0 Å². The molecule has 7 nitrogen and oxygen atoms in total. The zero-order chi connectivity index (χ0) is 22.8. The lowest BCUT2D eigenvalue weighted by molar-refractivity contribution is -0.117. The number of carbonyl (C=O) groups is 2. The zero-order valence-corrected chi connectivity index (χ0v) is 19.5. The highest BCUT2D eigenvalue weighted by atomic mass is 16.5.